The number of aliphatic carboxylic acids is 1. The zero-order chi connectivity index (χ0) is 26.6. The van der Waals surface area contributed by atoms with Crippen molar-refractivity contribution >= 4 is 35.5 Å². The number of carboxylic acids is 1. The zero-order valence-corrected chi connectivity index (χ0v) is 20.8. The molecule has 0 bridgehead atoms. The number of ketones is 1. The van der Waals surface area contributed by atoms with Crippen molar-refractivity contribution in [3.8, 4) is 0 Å². The van der Waals surface area contributed by atoms with Crippen LogP contribution in [0.25, 0.3) is 0 Å². The lowest BCUT2D eigenvalue weighted by molar-refractivity contribution is -0.145. The van der Waals surface area contributed by atoms with Crippen molar-refractivity contribution in [3.05, 3.63) is 0 Å². The van der Waals surface area contributed by atoms with E-state index in [2.05, 4.69) is 16.0 Å². The van der Waals surface area contributed by atoms with E-state index in [1.807, 2.05) is 0 Å². The lowest BCUT2D eigenvalue weighted by Crippen LogP contribution is -2.63. The fourth-order valence-electron chi connectivity index (χ4n) is 4.64. The summed E-state index contributed by atoms with van der Waals surface area (Å²) < 4.78 is 0. The molecule has 0 radical (unpaired) electrons. The highest BCUT2D eigenvalue weighted by atomic mass is 16.4. The van der Waals surface area contributed by atoms with Gasteiger partial charge in [-0.15, -0.1) is 0 Å². The van der Waals surface area contributed by atoms with E-state index in [9.17, 15) is 33.9 Å². The number of likely N-dealkylation sites (tertiary alicyclic amines) is 1. The molecule has 35 heavy (non-hydrogen) atoms. The molecule has 2 aliphatic rings. The van der Waals surface area contributed by atoms with Gasteiger partial charge in [0.25, 0.3) is 5.91 Å². The lowest BCUT2D eigenvalue weighted by Gasteiger charge is -2.38. The summed E-state index contributed by atoms with van der Waals surface area (Å²) in [7, 11) is 0. The summed E-state index contributed by atoms with van der Waals surface area (Å²) in [6.07, 6.45) is 3.74. The van der Waals surface area contributed by atoms with Gasteiger partial charge in [0.15, 0.2) is 0 Å². The van der Waals surface area contributed by atoms with Gasteiger partial charge < -0.3 is 31.7 Å². The van der Waals surface area contributed by atoms with Crippen LogP contribution in [-0.2, 0) is 24.0 Å². The maximum atomic E-state index is 13.5. The Balaban J connectivity index is 2.16. The van der Waals surface area contributed by atoms with E-state index in [1.165, 1.54) is 11.8 Å². The third-order valence-corrected chi connectivity index (χ3v) is 6.69. The molecule has 2 fully saturated rings. The molecule has 1 aliphatic carbocycles. The second-order valence-electron chi connectivity index (χ2n) is 10.5. The summed E-state index contributed by atoms with van der Waals surface area (Å²) in [5.74, 6) is -4.32. The van der Waals surface area contributed by atoms with Crippen molar-refractivity contribution in [2.75, 3.05) is 6.54 Å². The van der Waals surface area contributed by atoms with Crippen molar-refractivity contribution in [1.29, 1.82) is 0 Å². The molecule has 1 unspecified atom stereocenters. The first-order valence-corrected chi connectivity index (χ1v) is 12.0. The molecule has 0 spiro atoms. The number of Topliss-reactive ketones (excluding diaryl/α,β-unsaturated/α-hetero) is 1. The predicted molar refractivity (Wildman–Crippen MR) is 125 cm³/mol. The summed E-state index contributed by atoms with van der Waals surface area (Å²) in [5.41, 5.74) is 2.85. The fraction of sp³-hybridized carbons (Fsp3) is 0.739. The summed E-state index contributed by atoms with van der Waals surface area (Å²) in [5, 5.41) is 17.4. The van der Waals surface area contributed by atoms with Crippen molar-refractivity contribution < 1.29 is 33.9 Å². The molecule has 0 aromatic rings. The second-order valence-corrected chi connectivity index (χ2v) is 10.5. The van der Waals surface area contributed by atoms with Gasteiger partial charge in [0.1, 0.15) is 17.6 Å². The summed E-state index contributed by atoms with van der Waals surface area (Å²) in [6, 6.07) is -3.83. The second kappa shape index (κ2) is 11.0. The third-order valence-electron chi connectivity index (χ3n) is 6.69. The SMILES string of the molecule is CC(NC(=O)[C@@H]1CCCN1C(=O)[C@@H](NC(=O)NC1(C(=O)O)CCCCC1)C(C)(C)C)C(=O)C(N)=O. The van der Waals surface area contributed by atoms with E-state index in [0.717, 1.165) is 6.42 Å². The first-order chi connectivity index (χ1) is 16.2. The Morgan fingerprint density at radius 1 is 1.00 bits per heavy atom. The molecule has 1 saturated heterocycles. The van der Waals surface area contributed by atoms with Crippen LogP contribution >= 0.6 is 0 Å². The molecule has 12 heteroatoms. The molecule has 5 amide bonds. The molecule has 1 saturated carbocycles. The average molecular weight is 496 g/mol. The van der Waals surface area contributed by atoms with Crippen LogP contribution < -0.4 is 21.7 Å². The molecule has 1 aliphatic heterocycles. The predicted octanol–water partition coefficient (Wildman–Crippen LogP) is 0.0379. The van der Waals surface area contributed by atoms with Crippen LogP contribution in [0, 0.1) is 5.41 Å². The van der Waals surface area contributed by atoms with Gasteiger partial charge >= 0.3 is 12.0 Å². The lowest BCUT2D eigenvalue weighted by atomic mass is 9.81. The number of nitrogens with two attached hydrogens (primary N) is 1. The minimum absolute atomic E-state index is 0.268. The number of hydrogen-bond acceptors (Lipinski definition) is 6. The van der Waals surface area contributed by atoms with E-state index in [1.54, 1.807) is 20.8 Å². The largest absolute Gasteiger partial charge is 0.480 e. The molecular formula is C23H37N5O7. The molecule has 2 rings (SSSR count). The van der Waals surface area contributed by atoms with Crippen molar-refractivity contribution in [3.63, 3.8) is 0 Å². The number of nitrogens with one attached hydrogen (secondary N) is 3. The van der Waals surface area contributed by atoms with Crippen LogP contribution in [0.2, 0.25) is 0 Å². The number of urea groups is 1. The molecule has 196 valence electrons. The van der Waals surface area contributed by atoms with E-state index in [4.69, 9.17) is 5.73 Å². The monoisotopic (exact) mass is 495 g/mol. The Morgan fingerprint density at radius 3 is 2.11 bits per heavy atom. The molecule has 0 aromatic carbocycles. The summed E-state index contributed by atoms with van der Waals surface area (Å²) in [4.78, 5) is 75.3. The van der Waals surface area contributed by atoms with Gasteiger partial charge in [0.2, 0.25) is 17.6 Å². The number of nitrogens with zero attached hydrogens (tertiary/aromatic N) is 1. The van der Waals surface area contributed by atoms with Gasteiger partial charge in [-0.2, -0.15) is 0 Å². The van der Waals surface area contributed by atoms with Gasteiger partial charge in [-0.3, -0.25) is 19.2 Å². The average Bonchev–Trinajstić information content (AvgIpc) is 3.26. The Morgan fingerprint density at radius 2 is 1.60 bits per heavy atom. The van der Waals surface area contributed by atoms with Gasteiger partial charge in [0, 0.05) is 6.54 Å². The molecular weight excluding hydrogens is 458 g/mol. The van der Waals surface area contributed by atoms with Crippen molar-refractivity contribution in [2.24, 2.45) is 11.1 Å². The molecule has 12 nitrogen and oxygen atoms in total. The first kappa shape index (κ1) is 28.1. The molecule has 6 N–H and O–H groups in total. The Bertz CT molecular complexity index is 876. The van der Waals surface area contributed by atoms with Gasteiger partial charge in [-0.05, 0) is 38.0 Å². The maximum Gasteiger partial charge on any atom is 0.329 e. The van der Waals surface area contributed by atoms with Crippen LogP contribution in [0.3, 0.4) is 0 Å². The van der Waals surface area contributed by atoms with Gasteiger partial charge in [0.05, 0.1) is 6.04 Å². The number of primary amides is 1. The zero-order valence-electron chi connectivity index (χ0n) is 20.8. The highest BCUT2D eigenvalue weighted by molar-refractivity contribution is 6.37. The van der Waals surface area contributed by atoms with E-state index in [0.29, 0.717) is 38.5 Å². The number of hydrogen-bond donors (Lipinski definition) is 5. The van der Waals surface area contributed by atoms with E-state index < -0.39 is 64.6 Å². The molecule has 0 aromatic heterocycles. The van der Waals surface area contributed by atoms with Gasteiger partial charge in [-0.25, -0.2) is 9.59 Å². The molecule has 3 atom stereocenters. The number of amides is 5. The summed E-state index contributed by atoms with van der Waals surface area (Å²) in [6.45, 7) is 6.86. The van der Waals surface area contributed by atoms with E-state index >= 15 is 0 Å². The first-order valence-electron chi connectivity index (χ1n) is 12.0. The quantitative estimate of drug-likeness (QED) is 0.294. The number of carbonyl (C=O) groups excluding carboxylic acids is 5. The molecule has 1 heterocycles. The Kier molecular flexibility index (Phi) is 8.85. The van der Waals surface area contributed by atoms with E-state index in [-0.39, 0.29) is 6.54 Å². The van der Waals surface area contributed by atoms with Crippen LogP contribution in [0.1, 0.15) is 72.6 Å². The highest BCUT2D eigenvalue weighted by Crippen LogP contribution is 2.29. The fourth-order valence-corrected chi connectivity index (χ4v) is 4.64. The smallest absolute Gasteiger partial charge is 0.329 e. The van der Waals surface area contributed by atoms with Gasteiger partial charge in [-0.1, -0.05) is 40.0 Å². The van der Waals surface area contributed by atoms with Crippen LogP contribution in [0.4, 0.5) is 4.79 Å². The summed E-state index contributed by atoms with van der Waals surface area (Å²) >= 11 is 0. The minimum Gasteiger partial charge on any atom is -0.480 e. The maximum absolute atomic E-state index is 13.5. The van der Waals surface area contributed by atoms with Crippen LogP contribution in [-0.4, -0.2) is 75.7 Å². The van der Waals surface area contributed by atoms with Crippen molar-refractivity contribution in [1.82, 2.24) is 20.9 Å². The highest BCUT2D eigenvalue weighted by Gasteiger charge is 2.45. The normalized spacial score (nSPS) is 21.4. The Labute approximate surface area is 204 Å². The minimum atomic E-state index is -1.38. The third kappa shape index (κ3) is 6.70. The van der Waals surface area contributed by atoms with Crippen molar-refractivity contribution in [2.45, 2.75) is 96.3 Å². The number of rotatable bonds is 8. The Hall–Kier alpha value is -3.18. The van der Waals surface area contributed by atoms with Crippen LogP contribution in [0.15, 0.2) is 0 Å². The standard InChI is InChI=1S/C23H37N5O7/c1-13(15(29)17(24)30)25-18(31)14-9-8-12-28(14)19(32)16(22(2,3)4)26-21(35)27-23(20(33)34)10-6-5-7-11-23/h13-14,16H,5-12H2,1-4H3,(H2,24,30)(H,25,31)(H,33,34)(H2,26,27,35)/t13?,14-,16+/m0/s1. The number of carboxylic acid groups (broad SMARTS) is 1. The topological polar surface area (TPSA) is 188 Å². The number of carbonyl (C=O) groups is 6. The van der Waals surface area contributed by atoms with Crippen LogP contribution in [0.5, 0.6) is 0 Å².